The number of hydrogen-bond acceptors (Lipinski definition) is 6. The highest BCUT2D eigenvalue weighted by Gasteiger charge is 2.34. The van der Waals surface area contributed by atoms with Crippen LogP contribution < -0.4 is 0 Å². The maximum Gasteiger partial charge on any atom is 0.250 e. The summed E-state index contributed by atoms with van der Waals surface area (Å²) in [6.45, 7) is 0. The summed E-state index contributed by atoms with van der Waals surface area (Å²) in [5.74, 6) is -0.693. The van der Waals surface area contributed by atoms with Crippen molar-refractivity contribution in [3.63, 3.8) is 0 Å². The zero-order valence-corrected chi connectivity index (χ0v) is 20.9. The summed E-state index contributed by atoms with van der Waals surface area (Å²) < 4.78 is 21.1. The van der Waals surface area contributed by atoms with Crippen LogP contribution in [0.3, 0.4) is 0 Å². The maximum absolute atomic E-state index is 12.5. The van der Waals surface area contributed by atoms with E-state index in [1.165, 1.54) is 42.5 Å². The lowest BCUT2D eigenvalue weighted by molar-refractivity contribution is 0.510. The van der Waals surface area contributed by atoms with Crippen molar-refractivity contribution >= 4 is 91.3 Å². The van der Waals surface area contributed by atoms with Crippen LogP contribution >= 0.6 is 69.6 Å². The van der Waals surface area contributed by atoms with Crippen molar-refractivity contribution in [2.24, 2.45) is 0 Å². The minimum atomic E-state index is -3.78. The molecule has 13 heteroatoms. The molecule has 0 saturated carbocycles. The molecule has 2 aromatic rings. The lowest BCUT2D eigenvalue weighted by Crippen LogP contribution is -2.16. The lowest BCUT2D eigenvalue weighted by Gasteiger charge is -2.14. The van der Waals surface area contributed by atoms with Crippen LogP contribution in [0.2, 0.25) is 0 Å². The number of fused-ring (bicyclic) bond motifs is 1. The predicted octanol–water partition coefficient (Wildman–Crippen LogP) is 6.36. The van der Waals surface area contributed by atoms with E-state index in [9.17, 15) is 13.5 Å². The van der Waals surface area contributed by atoms with Crippen LogP contribution in [-0.4, -0.2) is 28.5 Å². The summed E-state index contributed by atoms with van der Waals surface area (Å²) >= 11 is 34.9. The van der Waals surface area contributed by atoms with Crippen molar-refractivity contribution in [2.45, 2.75) is 12.5 Å². The minimum Gasteiger partial charge on any atom is -0.506 e. The summed E-state index contributed by atoms with van der Waals surface area (Å²) in [5, 5.41) is 10.2. The van der Waals surface area contributed by atoms with Gasteiger partial charge in [-0.15, -0.1) is 0 Å². The third-order valence-corrected chi connectivity index (χ3v) is 6.80. The molecular formula is C19H11Cl6N3O3S. The van der Waals surface area contributed by atoms with Crippen LogP contribution in [0.5, 0.6) is 0 Å². The van der Waals surface area contributed by atoms with Crippen molar-refractivity contribution in [3.8, 4) is 0 Å². The number of halogens is 6. The van der Waals surface area contributed by atoms with Gasteiger partial charge in [0.05, 0.1) is 4.90 Å². The van der Waals surface area contributed by atoms with E-state index in [0.29, 0.717) is 0 Å². The van der Waals surface area contributed by atoms with Gasteiger partial charge in [0.15, 0.2) is 17.5 Å². The second-order valence-electron chi connectivity index (χ2n) is 6.15. The molecular weight excluding hydrogens is 563 g/mol. The molecule has 0 unspecified atom stereocenters. The number of aliphatic hydroxyl groups excluding tert-OH is 1. The monoisotopic (exact) mass is 571 g/mol. The second kappa shape index (κ2) is 9.50. The molecule has 1 aliphatic rings. The molecule has 3 rings (SSSR count). The maximum atomic E-state index is 12.5. The Morgan fingerprint density at radius 3 is 1.84 bits per heavy atom. The number of aromatic nitrogens is 3. The first-order chi connectivity index (χ1) is 14.8. The van der Waals surface area contributed by atoms with E-state index in [-0.39, 0.29) is 38.6 Å². The van der Waals surface area contributed by atoms with Crippen LogP contribution in [0.1, 0.15) is 23.0 Å². The largest absolute Gasteiger partial charge is 0.506 e. The topological polar surface area (TPSA) is 93.0 Å². The van der Waals surface area contributed by atoms with Gasteiger partial charge in [0.2, 0.25) is 17.4 Å². The van der Waals surface area contributed by atoms with Crippen LogP contribution in [0, 0.1) is 0 Å². The normalized spacial score (nSPS) is 16.6. The van der Waals surface area contributed by atoms with Crippen molar-refractivity contribution in [1.29, 1.82) is 0 Å². The number of allylic oxidation sites excluding steroid dienone is 5. The number of aliphatic hydroxyl groups is 1. The fourth-order valence-electron chi connectivity index (χ4n) is 2.58. The van der Waals surface area contributed by atoms with Crippen LogP contribution in [0.4, 0.5) is 0 Å². The average Bonchev–Trinajstić information content (AvgIpc) is 2.89. The first-order valence-electron chi connectivity index (χ1n) is 8.51. The Bertz CT molecular complexity index is 1240. The molecule has 1 aromatic carbocycles. The molecule has 0 spiro atoms. The quantitative estimate of drug-likeness (QED) is 0.338. The third-order valence-electron chi connectivity index (χ3n) is 3.94. The van der Waals surface area contributed by atoms with E-state index in [0.717, 1.165) is 0 Å². The van der Waals surface area contributed by atoms with Crippen molar-refractivity contribution in [2.75, 3.05) is 0 Å². The minimum absolute atomic E-state index is 0.0605. The second-order valence-corrected chi connectivity index (χ2v) is 12.6. The smallest absolute Gasteiger partial charge is 0.250 e. The first-order valence-corrected chi connectivity index (χ1v) is 12.3. The van der Waals surface area contributed by atoms with E-state index < -0.39 is 17.4 Å². The highest BCUT2D eigenvalue weighted by Crippen LogP contribution is 2.40. The van der Waals surface area contributed by atoms with Gasteiger partial charge in [-0.1, -0.05) is 106 Å². The molecule has 168 valence electrons. The number of sulfone groups is 1. The fraction of sp³-hybridized carbons (Fsp3) is 0.105. The predicted molar refractivity (Wildman–Crippen MR) is 129 cm³/mol. The molecule has 1 aliphatic heterocycles. The van der Waals surface area contributed by atoms with Gasteiger partial charge in [-0.2, -0.15) is 0 Å². The SMILES string of the molecule is O=S1(=O)C(C=CC=CC=Cc2nc(C(Cl)(Cl)Cl)nc(C(Cl)(Cl)Cl)n2)=C(O)c2ccccc21. The van der Waals surface area contributed by atoms with Crippen LogP contribution in [-0.2, 0) is 17.4 Å². The van der Waals surface area contributed by atoms with Crippen molar-refractivity contribution in [3.05, 3.63) is 82.6 Å². The van der Waals surface area contributed by atoms with Gasteiger partial charge in [0.25, 0.3) is 0 Å². The van der Waals surface area contributed by atoms with Gasteiger partial charge in [-0.05, 0) is 24.3 Å². The van der Waals surface area contributed by atoms with E-state index in [1.54, 1.807) is 18.2 Å². The molecule has 0 radical (unpaired) electrons. The summed E-state index contributed by atoms with van der Waals surface area (Å²) in [5.41, 5.74) is 0.264. The molecule has 0 atom stereocenters. The molecule has 0 fully saturated rings. The van der Waals surface area contributed by atoms with Crippen LogP contribution in [0.15, 0.2) is 64.4 Å². The Hall–Kier alpha value is -1.32. The third kappa shape index (κ3) is 5.59. The Morgan fingerprint density at radius 2 is 1.31 bits per heavy atom. The standard InChI is InChI=1S/C19H11Cl6N3O3S/c20-18(21,22)16-26-14(27-17(28-16)19(23,24)25)10-4-2-1-3-9-13-15(29)11-7-5-6-8-12(11)32(13,30)31/h1-10,29H. The fourth-order valence-corrected chi connectivity index (χ4v) is 4.66. The molecule has 2 heterocycles. The van der Waals surface area contributed by atoms with Gasteiger partial charge >= 0.3 is 0 Å². The van der Waals surface area contributed by atoms with E-state index in [1.807, 2.05) is 0 Å². The number of alkyl halides is 6. The van der Waals surface area contributed by atoms with Gasteiger partial charge in [0, 0.05) is 5.56 Å². The van der Waals surface area contributed by atoms with Crippen molar-refractivity contribution < 1.29 is 13.5 Å². The van der Waals surface area contributed by atoms with Gasteiger partial charge < -0.3 is 5.11 Å². The zero-order chi connectivity index (χ0) is 23.7. The van der Waals surface area contributed by atoms with E-state index in [4.69, 9.17) is 69.6 Å². The van der Waals surface area contributed by atoms with Gasteiger partial charge in [0.1, 0.15) is 10.7 Å². The first kappa shape index (κ1) is 25.3. The average molecular weight is 574 g/mol. The summed E-state index contributed by atoms with van der Waals surface area (Å²) in [6, 6.07) is 6.20. The number of benzene rings is 1. The molecule has 6 nitrogen and oxygen atoms in total. The number of hydrogen-bond donors (Lipinski definition) is 1. The Morgan fingerprint density at radius 1 is 0.781 bits per heavy atom. The Labute approximate surface area is 213 Å². The molecule has 1 N–H and O–H groups in total. The molecule has 32 heavy (non-hydrogen) atoms. The summed E-state index contributed by atoms with van der Waals surface area (Å²) in [4.78, 5) is 11.7. The highest BCUT2D eigenvalue weighted by atomic mass is 35.6. The highest BCUT2D eigenvalue weighted by molar-refractivity contribution is 7.96. The molecule has 0 amide bonds. The zero-order valence-electron chi connectivity index (χ0n) is 15.6. The van der Waals surface area contributed by atoms with Gasteiger partial charge in [-0.25, -0.2) is 23.4 Å². The molecule has 0 bridgehead atoms. The van der Waals surface area contributed by atoms with Gasteiger partial charge in [-0.3, -0.25) is 0 Å². The van der Waals surface area contributed by atoms with Crippen LogP contribution in [0.25, 0.3) is 11.8 Å². The Balaban J connectivity index is 1.80. The lowest BCUT2D eigenvalue weighted by atomic mass is 10.2. The molecule has 0 saturated heterocycles. The summed E-state index contributed by atoms with van der Waals surface area (Å²) in [7, 11) is -3.78. The number of rotatable bonds is 4. The molecule has 0 aliphatic carbocycles. The van der Waals surface area contributed by atoms with Crippen molar-refractivity contribution in [1.82, 2.24) is 15.0 Å². The Kier molecular flexibility index (Phi) is 7.52. The van der Waals surface area contributed by atoms with E-state index in [2.05, 4.69) is 15.0 Å². The number of nitrogens with zero attached hydrogens (tertiary/aromatic N) is 3. The van der Waals surface area contributed by atoms with E-state index >= 15 is 0 Å². The summed E-state index contributed by atoms with van der Waals surface area (Å²) in [6.07, 6.45) is 8.78. The molecule has 1 aromatic heterocycles.